The second kappa shape index (κ2) is 46.6. The third-order valence-electron chi connectivity index (χ3n) is 16.3. The highest BCUT2D eigenvalue weighted by Gasteiger charge is 2.39. The fourth-order valence-corrected chi connectivity index (χ4v) is 16.5. The minimum absolute atomic E-state index is 0.0369. The summed E-state index contributed by atoms with van der Waals surface area (Å²) in [4.78, 5) is 0. The average molecular weight is 2230 g/mol. The van der Waals surface area contributed by atoms with Crippen molar-refractivity contribution in [3.63, 3.8) is 0 Å². The quantitative estimate of drug-likeness (QED) is 0.0194. The van der Waals surface area contributed by atoms with Crippen LogP contribution in [0.2, 0.25) is 0 Å². The number of hydrogen-bond acceptors (Lipinski definition) is 28. The molecular formula is C72H72Cl12N18O19P10. The standard InChI is InChI=1S/C72H72Cl12N18O19P10/c1-94(122(73,74)103)85-46-55-10-28-64(29-11-55)113-128(109,114-65-30-12-56(13-31-65)47-86-95(2)123(75,76)104)100(7)91-52-61-22-40-70(41-23-61)119-131(112,120-71-42-24-62(25-43-71)53-92-101(8)129(110,115-66-32-14-57(15-33-66)48-87-96(3)124(77,78)105)116-67-34-16-58(17-35-67)49-88-97(4)125(79,80)106)121-72-44-26-63(27-45-72)54-93-102(9)130(111,117-68-36-18-59(19-37-68)50-89-98(5)126(81,82)107)118-69-38-20-60(21-39-69)51-90-99(6)127(83,84)108/h10-54H,1-9H3/b85-46+,86-47+,87-48+,88-49+,89-50+,90-51+,91-52+,92-53+,93-54+. The Morgan fingerprint density at radius 2 is 0.275 bits per heavy atom. The monoisotopic (exact) mass is 2220 g/mol. The van der Waals surface area contributed by atoms with Gasteiger partial charge in [-0.1, -0.05) is 0 Å². The SMILES string of the molecule is CN(/N=C/c1ccc(OP(=O)(Oc2ccc(/C=N/N(C)P(=O)(Cl)Cl)cc2)N(C)/N=C/c2ccc(OP(=O)(Oc3ccc(/C=N/N(C)P(=O)(Oc4ccc(/C=N/N(C)P(=O)(Cl)Cl)cc4)Oc4ccc(/C=N/N(C)P(=O)(Cl)Cl)cc4)cc3)Oc3ccc(/C=N/N(C)P(=O)(Oc4ccc(/C=N/N(C)P(=O)(Cl)Cl)cc4)Oc4ccc(/C=N/N(C)P(=O)(Cl)Cl)cc4)cc3)cc2)cc1)P(=O)(Cl)Cl. The van der Waals surface area contributed by atoms with Gasteiger partial charge in [0.2, 0.25) is 0 Å². The van der Waals surface area contributed by atoms with Gasteiger partial charge in [-0.3, -0.25) is 27.4 Å². The fourth-order valence-electron chi connectivity index (χ4n) is 9.09. The van der Waals surface area contributed by atoms with Crippen molar-refractivity contribution in [2.24, 2.45) is 45.9 Å². The lowest BCUT2D eigenvalue weighted by molar-refractivity contribution is 0.298. The van der Waals surface area contributed by atoms with E-state index in [4.69, 9.17) is 176 Å². The van der Waals surface area contributed by atoms with Gasteiger partial charge in [-0.2, -0.15) is 64.8 Å². The number of benzene rings is 9. The maximum atomic E-state index is 15.4. The molecule has 0 bridgehead atoms. The van der Waals surface area contributed by atoms with Gasteiger partial charge in [-0.05, 0) is 403 Å². The molecule has 59 heteroatoms. The second-order valence-electron chi connectivity index (χ2n) is 26.0. The van der Waals surface area contributed by atoms with Gasteiger partial charge in [0.25, 0.3) is 0 Å². The summed E-state index contributed by atoms with van der Waals surface area (Å²) in [6.07, 6.45) is 11.8. The Kier molecular flexibility index (Phi) is 38.0. The van der Waals surface area contributed by atoms with Gasteiger partial charge in [0.1, 0.15) is 51.7 Å². The number of hydrogen-bond donors (Lipinski definition) is 0. The molecule has 0 N–H and O–H groups in total. The smallest absolute Gasteiger partial charge is 0.399 e. The van der Waals surface area contributed by atoms with Crippen LogP contribution in [0, 0.1) is 0 Å². The van der Waals surface area contributed by atoms with E-state index in [1.165, 1.54) is 338 Å². The maximum absolute atomic E-state index is 15.4. The molecule has 0 radical (unpaired) electrons. The lowest BCUT2D eigenvalue weighted by atomic mass is 10.2. The van der Waals surface area contributed by atoms with E-state index < -0.39 is 67.1 Å². The molecule has 0 unspecified atom stereocenters. The van der Waals surface area contributed by atoms with E-state index in [1.807, 2.05) is 0 Å². The first kappa shape index (κ1) is 107. The molecule has 0 aliphatic heterocycles. The van der Waals surface area contributed by atoms with Gasteiger partial charge in [-0.15, -0.1) is 0 Å². The second-order valence-corrected chi connectivity index (χ2v) is 61.4. The molecular weight excluding hydrogens is 2160 g/mol. The molecule has 0 fully saturated rings. The summed E-state index contributed by atoms with van der Waals surface area (Å²) in [6.45, 7) is 0. The molecule has 0 heterocycles. The molecule has 0 spiro atoms. The molecule has 0 aliphatic rings. The molecule has 9 aromatic rings. The highest BCUT2D eigenvalue weighted by Crippen LogP contribution is 2.64. The topological polar surface area (TPSA) is 394 Å². The van der Waals surface area contributed by atoms with E-state index in [-0.39, 0.29) is 51.7 Å². The molecule has 9 aromatic carbocycles. The van der Waals surface area contributed by atoms with Crippen molar-refractivity contribution in [2.75, 3.05) is 63.4 Å². The summed E-state index contributed by atoms with van der Waals surface area (Å²) in [5.74, 6) is -22.6. The first-order chi connectivity index (χ1) is 61.2. The summed E-state index contributed by atoms with van der Waals surface area (Å²) in [7, 11) is -6.72. The Morgan fingerprint density at radius 3 is 0.382 bits per heavy atom. The molecule has 698 valence electrons. The van der Waals surface area contributed by atoms with E-state index >= 15 is 18.3 Å². The fraction of sp³-hybridized carbons (Fsp3) is 0.125. The number of nitrogens with zero attached hydrogens (tertiary/aromatic N) is 18. The van der Waals surface area contributed by atoms with Crippen LogP contribution >= 0.6 is 202 Å². The molecule has 0 atom stereocenters. The highest BCUT2D eigenvalue weighted by molar-refractivity contribution is 8.08. The number of hydrazone groups is 9. The molecule has 9 rings (SSSR count). The van der Waals surface area contributed by atoms with Gasteiger partial charge in [0.15, 0.2) is 0 Å². The zero-order valence-corrected chi connectivity index (χ0v) is 86.8. The van der Waals surface area contributed by atoms with Crippen LogP contribution in [0.4, 0.5) is 0 Å². The number of halogens is 12. The molecule has 0 saturated heterocycles. The predicted octanol–water partition coefficient (Wildman–Crippen LogP) is 27.0. The molecule has 0 aromatic heterocycles. The molecule has 37 nitrogen and oxygen atoms in total. The predicted molar refractivity (Wildman–Crippen MR) is 528 cm³/mol. The zero-order valence-electron chi connectivity index (χ0n) is 68.8. The van der Waals surface area contributed by atoms with Crippen molar-refractivity contribution in [1.82, 2.24) is 43.0 Å². The van der Waals surface area contributed by atoms with E-state index in [1.54, 1.807) is 0 Å². The van der Waals surface area contributed by atoms with Crippen molar-refractivity contribution in [3.8, 4) is 51.7 Å². The van der Waals surface area contributed by atoms with Crippen molar-refractivity contribution >= 4 is 258 Å². The largest absolute Gasteiger partial charge is 0.647 e. The maximum Gasteiger partial charge on any atom is 0.647 e. The minimum Gasteiger partial charge on any atom is -0.399 e. The Hall–Kier alpha value is -7.81. The van der Waals surface area contributed by atoms with E-state index in [0.717, 1.165) is 43.0 Å². The van der Waals surface area contributed by atoms with Crippen LogP contribution in [0.1, 0.15) is 50.1 Å². The van der Waals surface area contributed by atoms with E-state index in [9.17, 15) is 27.4 Å². The first-order valence-electron chi connectivity index (χ1n) is 36.3. The normalized spacial score (nSPS) is 13.0. The highest BCUT2D eigenvalue weighted by atomic mass is 35.9. The van der Waals surface area contributed by atoms with Crippen molar-refractivity contribution in [3.05, 3.63) is 268 Å². The third-order valence-corrected chi connectivity index (χ3v) is 35.3. The van der Waals surface area contributed by atoms with Gasteiger partial charge in [0.05, 0.1) is 55.9 Å². The lowest BCUT2D eigenvalue weighted by Crippen LogP contribution is -2.17. The van der Waals surface area contributed by atoms with Crippen LogP contribution in [0.3, 0.4) is 0 Å². The van der Waals surface area contributed by atoms with Gasteiger partial charge in [0, 0.05) is 63.4 Å². The first-order valence-corrected chi connectivity index (χ1v) is 63.0. The summed E-state index contributed by atoms with van der Waals surface area (Å²) in [6, 6.07) is 53.3. The summed E-state index contributed by atoms with van der Waals surface area (Å²) in [5, 5.41) is 37.3. The van der Waals surface area contributed by atoms with Crippen molar-refractivity contribution in [1.29, 1.82) is 0 Å². The molecule has 0 amide bonds. The number of phosphoric acid groups is 1. The van der Waals surface area contributed by atoms with Gasteiger partial charge in [-0.25, -0.2) is 42.4 Å². The lowest BCUT2D eigenvalue weighted by Gasteiger charge is -2.25. The zero-order chi connectivity index (χ0) is 96.1. The van der Waals surface area contributed by atoms with Crippen molar-refractivity contribution in [2.45, 2.75) is 0 Å². The summed E-state index contributed by atoms with van der Waals surface area (Å²) >= 11 is 68.9. The minimum atomic E-state index is -4.92. The summed E-state index contributed by atoms with van der Waals surface area (Å²) in [5.41, 5.74) is 3.87. The van der Waals surface area contributed by atoms with E-state index in [2.05, 4.69) is 45.9 Å². The third kappa shape index (κ3) is 34.5. The van der Waals surface area contributed by atoms with Crippen LogP contribution in [0.5, 0.6) is 51.7 Å². The molecule has 0 aliphatic carbocycles. The van der Waals surface area contributed by atoms with E-state index in [0.29, 0.717) is 50.1 Å². The van der Waals surface area contributed by atoms with Crippen LogP contribution < -0.4 is 40.7 Å². The van der Waals surface area contributed by atoms with Crippen LogP contribution in [-0.4, -0.2) is 162 Å². The summed E-state index contributed by atoms with van der Waals surface area (Å²) < 4.78 is 196. The Morgan fingerprint density at radius 1 is 0.176 bits per heavy atom. The van der Waals surface area contributed by atoms with Crippen LogP contribution in [0.15, 0.2) is 264 Å². The molecule has 0 saturated carbocycles. The van der Waals surface area contributed by atoms with Crippen LogP contribution in [0.25, 0.3) is 0 Å². The van der Waals surface area contributed by atoms with Crippen LogP contribution in [-0.2, 0) is 45.7 Å². The van der Waals surface area contributed by atoms with Crippen molar-refractivity contribution < 1.29 is 86.4 Å². The Bertz CT molecular complexity index is 5400. The number of rotatable bonds is 45. The van der Waals surface area contributed by atoms with Gasteiger partial charge < -0.3 is 40.7 Å². The molecule has 131 heavy (non-hydrogen) atoms. The number of phosphoric ester groups is 1. The Labute approximate surface area is 809 Å². The van der Waals surface area contributed by atoms with Gasteiger partial charge >= 0.3 is 67.1 Å². The Balaban J connectivity index is 1.00. The average Bonchev–Trinajstić information content (AvgIpc) is 0.819.